The van der Waals surface area contributed by atoms with Gasteiger partial charge in [0.1, 0.15) is 0 Å². The van der Waals surface area contributed by atoms with E-state index < -0.39 is 0 Å². The lowest BCUT2D eigenvalue weighted by Crippen LogP contribution is -2.28. The molecule has 0 saturated carbocycles. The van der Waals surface area contributed by atoms with E-state index in [4.69, 9.17) is 5.73 Å². The minimum absolute atomic E-state index is 0.273. The number of nitrogens with two attached hydrogens (primary N) is 1. The normalized spacial score (nSPS) is 12.4. The van der Waals surface area contributed by atoms with E-state index in [1.54, 1.807) is 0 Å². The van der Waals surface area contributed by atoms with E-state index in [0.717, 1.165) is 25.9 Å². The predicted octanol–water partition coefficient (Wildman–Crippen LogP) is 4.37. The predicted molar refractivity (Wildman–Crippen MR) is 90.4 cm³/mol. The second kappa shape index (κ2) is 9.82. The second-order valence-electron chi connectivity index (χ2n) is 5.70. The molecule has 0 radical (unpaired) electrons. The zero-order valence-electron chi connectivity index (χ0n) is 13.6. The Morgan fingerprint density at radius 3 is 2.15 bits per heavy atom. The lowest BCUT2D eigenvalue weighted by atomic mass is 10.0. The Labute approximate surface area is 125 Å². The molecule has 0 fully saturated rings. The number of hydrogen-bond acceptors (Lipinski definition) is 2. The Kier molecular flexibility index (Phi) is 8.36. The van der Waals surface area contributed by atoms with Gasteiger partial charge in [-0.2, -0.15) is 0 Å². The number of unbranched alkanes of at least 4 members (excludes halogenated alkanes) is 2. The highest BCUT2D eigenvalue weighted by molar-refractivity contribution is 5.54. The Morgan fingerprint density at radius 1 is 1.00 bits per heavy atom. The fraction of sp³-hybridized carbons (Fsp3) is 0.667. The van der Waals surface area contributed by atoms with Crippen LogP contribution in [0.15, 0.2) is 24.3 Å². The monoisotopic (exact) mass is 276 g/mol. The summed E-state index contributed by atoms with van der Waals surface area (Å²) in [6.45, 7) is 9.01. The summed E-state index contributed by atoms with van der Waals surface area (Å²) in [5, 5.41) is 0. The molecule has 2 nitrogen and oxygen atoms in total. The summed E-state index contributed by atoms with van der Waals surface area (Å²) < 4.78 is 0. The van der Waals surface area contributed by atoms with Crippen LogP contribution in [-0.4, -0.2) is 19.1 Å². The summed E-state index contributed by atoms with van der Waals surface area (Å²) in [5.74, 6) is 0. The third-order valence-corrected chi connectivity index (χ3v) is 3.90. The highest BCUT2D eigenvalue weighted by atomic mass is 15.1. The van der Waals surface area contributed by atoms with Gasteiger partial charge in [0, 0.05) is 24.8 Å². The first-order valence-electron chi connectivity index (χ1n) is 8.31. The number of benzene rings is 1. The molecule has 0 aliphatic carbocycles. The van der Waals surface area contributed by atoms with E-state index in [1.165, 1.54) is 36.9 Å². The molecular weight excluding hydrogens is 244 g/mol. The molecule has 1 aromatic carbocycles. The standard InChI is InChI=1S/C18H32N2/c1-4-7-13-20(14-8-5-2)18-12-10-9-11-16(18)15-17(19)6-3/h9-12,17H,4-8,13-15,19H2,1-3H3. The number of nitrogens with zero attached hydrogens (tertiary/aromatic N) is 1. The summed E-state index contributed by atoms with van der Waals surface area (Å²) in [4.78, 5) is 2.56. The van der Waals surface area contributed by atoms with Gasteiger partial charge in [-0.15, -0.1) is 0 Å². The number of anilines is 1. The lowest BCUT2D eigenvalue weighted by molar-refractivity contribution is 0.637. The van der Waals surface area contributed by atoms with Crippen LogP contribution in [0.4, 0.5) is 5.69 Å². The summed E-state index contributed by atoms with van der Waals surface area (Å²) in [6.07, 6.45) is 7.05. The molecule has 1 rings (SSSR count). The van der Waals surface area contributed by atoms with Crippen LogP contribution in [0.2, 0.25) is 0 Å². The molecule has 1 unspecified atom stereocenters. The third kappa shape index (κ3) is 5.54. The molecule has 0 heterocycles. The zero-order valence-corrected chi connectivity index (χ0v) is 13.6. The van der Waals surface area contributed by atoms with E-state index in [-0.39, 0.29) is 6.04 Å². The van der Waals surface area contributed by atoms with Crippen LogP contribution in [0, 0.1) is 0 Å². The van der Waals surface area contributed by atoms with Crippen LogP contribution in [0.5, 0.6) is 0 Å². The first kappa shape index (κ1) is 17.0. The molecule has 20 heavy (non-hydrogen) atoms. The third-order valence-electron chi connectivity index (χ3n) is 3.90. The van der Waals surface area contributed by atoms with Gasteiger partial charge >= 0.3 is 0 Å². The maximum Gasteiger partial charge on any atom is 0.0399 e. The Morgan fingerprint density at radius 2 is 1.60 bits per heavy atom. The van der Waals surface area contributed by atoms with Crippen molar-refractivity contribution in [2.45, 2.75) is 65.3 Å². The highest BCUT2D eigenvalue weighted by Crippen LogP contribution is 2.23. The van der Waals surface area contributed by atoms with Gasteiger partial charge < -0.3 is 10.6 Å². The highest BCUT2D eigenvalue weighted by Gasteiger charge is 2.12. The molecule has 0 spiro atoms. The Bertz CT molecular complexity index is 354. The molecule has 0 aliphatic heterocycles. The largest absolute Gasteiger partial charge is 0.371 e. The smallest absolute Gasteiger partial charge is 0.0399 e. The van der Waals surface area contributed by atoms with Gasteiger partial charge in [0.05, 0.1) is 0 Å². The van der Waals surface area contributed by atoms with E-state index in [2.05, 4.69) is 49.9 Å². The van der Waals surface area contributed by atoms with Gasteiger partial charge in [-0.3, -0.25) is 0 Å². The van der Waals surface area contributed by atoms with Gasteiger partial charge in [0.15, 0.2) is 0 Å². The van der Waals surface area contributed by atoms with Crippen molar-refractivity contribution in [3.8, 4) is 0 Å². The Hall–Kier alpha value is -1.02. The molecular formula is C18H32N2. The first-order chi connectivity index (χ1) is 9.72. The quantitative estimate of drug-likeness (QED) is 0.687. The van der Waals surface area contributed by atoms with Gasteiger partial charge in [0.2, 0.25) is 0 Å². The molecule has 2 heteroatoms. The summed E-state index contributed by atoms with van der Waals surface area (Å²) in [7, 11) is 0. The molecule has 0 aliphatic rings. The van der Waals surface area contributed by atoms with Crippen LogP contribution in [-0.2, 0) is 6.42 Å². The SMILES string of the molecule is CCCCN(CCCC)c1ccccc1CC(N)CC. The molecule has 0 bridgehead atoms. The van der Waals surface area contributed by atoms with Crippen molar-refractivity contribution in [1.29, 1.82) is 0 Å². The van der Waals surface area contributed by atoms with Crippen molar-refractivity contribution in [2.75, 3.05) is 18.0 Å². The molecule has 1 aromatic rings. The average Bonchev–Trinajstić information content (AvgIpc) is 2.48. The van der Waals surface area contributed by atoms with E-state index in [9.17, 15) is 0 Å². The Balaban J connectivity index is 2.86. The van der Waals surface area contributed by atoms with Gasteiger partial charge in [0.25, 0.3) is 0 Å². The number of hydrogen-bond donors (Lipinski definition) is 1. The van der Waals surface area contributed by atoms with Gasteiger partial charge in [-0.1, -0.05) is 51.8 Å². The topological polar surface area (TPSA) is 29.3 Å². The minimum atomic E-state index is 0.273. The van der Waals surface area contributed by atoms with Gasteiger partial charge in [-0.05, 0) is 37.3 Å². The molecule has 2 N–H and O–H groups in total. The van der Waals surface area contributed by atoms with Crippen LogP contribution in [0.1, 0.15) is 58.4 Å². The number of para-hydroxylation sites is 1. The van der Waals surface area contributed by atoms with Crippen molar-refractivity contribution in [2.24, 2.45) is 5.73 Å². The lowest BCUT2D eigenvalue weighted by Gasteiger charge is -2.28. The van der Waals surface area contributed by atoms with Crippen LogP contribution >= 0.6 is 0 Å². The van der Waals surface area contributed by atoms with Crippen molar-refractivity contribution >= 4 is 5.69 Å². The fourth-order valence-electron chi connectivity index (χ4n) is 2.47. The summed E-state index contributed by atoms with van der Waals surface area (Å²) in [5.41, 5.74) is 8.97. The van der Waals surface area contributed by atoms with E-state index >= 15 is 0 Å². The van der Waals surface area contributed by atoms with Crippen LogP contribution in [0.3, 0.4) is 0 Å². The van der Waals surface area contributed by atoms with Crippen molar-refractivity contribution in [3.63, 3.8) is 0 Å². The van der Waals surface area contributed by atoms with E-state index in [0.29, 0.717) is 0 Å². The van der Waals surface area contributed by atoms with Crippen molar-refractivity contribution in [1.82, 2.24) is 0 Å². The molecule has 0 saturated heterocycles. The van der Waals surface area contributed by atoms with Gasteiger partial charge in [-0.25, -0.2) is 0 Å². The van der Waals surface area contributed by atoms with Crippen molar-refractivity contribution < 1.29 is 0 Å². The molecule has 0 amide bonds. The molecule has 0 aromatic heterocycles. The van der Waals surface area contributed by atoms with Crippen LogP contribution in [0.25, 0.3) is 0 Å². The molecule has 114 valence electrons. The fourth-order valence-corrected chi connectivity index (χ4v) is 2.47. The summed E-state index contributed by atoms with van der Waals surface area (Å²) in [6, 6.07) is 9.08. The second-order valence-corrected chi connectivity index (χ2v) is 5.70. The number of rotatable bonds is 10. The first-order valence-corrected chi connectivity index (χ1v) is 8.31. The zero-order chi connectivity index (χ0) is 14.8. The minimum Gasteiger partial charge on any atom is -0.371 e. The van der Waals surface area contributed by atoms with Crippen molar-refractivity contribution in [3.05, 3.63) is 29.8 Å². The maximum absolute atomic E-state index is 6.16. The molecule has 1 atom stereocenters. The maximum atomic E-state index is 6.16. The average molecular weight is 276 g/mol. The van der Waals surface area contributed by atoms with E-state index in [1.807, 2.05) is 0 Å². The van der Waals surface area contributed by atoms with Crippen LogP contribution < -0.4 is 10.6 Å². The summed E-state index contributed by atoms with van der Waals surface area (Å²) >= 11 is 0.